The highest BCUT2D eigenvalue weighted by molar-refractivity contribution is 5.97. The van der Waals surface area contributed by atoms with Crippen molar-refractivity contribution in [2.75, 3.05) is 13.1 Å². The van der Waals surface area contributed by atoms with Crippen molar-refractivity contribution in [1.82, 2.24) is 14.8 Å². The molecule has 2 atom stereocenters. The number of carbonyl (C=O) groups excluding carboxylic acids is 2. The number of non-ortho nitro benzene ring substituents is 1. The Morgan fingerprint density at radius 3 is 2.58 bits per heavy atom. The Balaban J connectivity index is 1.60. The minimum absolute atomic E-state index is 0.00822. The van der Waals surface area contributed by atoms with Crippen LogP contribution in [0.4, 0.5) is 5.69 Å². The van der Waals surface area contributed by atoms with Crippen LogP contribution >= 0.6 is 0 Å². The first-order valence-electron chi connectivity index (χ1n) is 11.4. The molecule has 0 spiro atoms. The number of piperazine rings is 1. The zero-order valence-electron chi connectivity index (χ0n) is 18.5. The van der Waals surface area contributed by atoms with Gasteiger partial charge in [0.1, 0.15) is 6.04 Å². The van der Waals surface area contributed by atoms with Crippen molar-refractivity contribution in [2.24, 2.45) is 0 Å². The number of nitrogens with zero attached hydrogens (tertiary/aromatic N) is 3. The third kappa shape index (κ3) is 3.55. The van der Waals surface area contributed by atoms with Crippen molar-refractivity contribution in [2.45, 2.75) is 44.7 Å². The number of fused-ring (bicyclic) bond motifs is 4. The molecule has 2 aromatic carbocycles. The molecule has 0 radical (unpaired) electrons. The lowest BCUT2D eigenvalue weighted by Crippen LogP contribution is -2.63. The number of H-pyrrole nitrogens is 1. The van der Waals surface area contributed by atoms with Crippen molar-refractivity contribution in [3.8, 4) is 0 Å². The van der Waals surface area contributed by atoms with Crippen LogP contribution < -0.4 is 0 Å². The summed E-state index contributed by atoms with van der Waals surface area (Å²) in [4.78, 5) is 44.5. The maximum Gasteiger partial charge on any atom is 0.269 e. The van der Waals surface area contributed by atoms with Crippen LogP contribution in [0.5, 0.6) is 0 Å². The van der Waals surface area contributed by atoms with E-state index in [4.69, 9.17) is 0 Å². The Bertz CT molecular complexity index is 1230. The number of benzene rings is 2. The van der Waals surface area contributed by atoms with Crippen LogP contribution in [-0.4, -0.2) is 50.7 Å². The number of rotatable bonds is 6. The molecule has 2 amide bonds. The number of nitro benzene ring substituents is 1. The molecule has 3 heterocycles. The van der Waals surface area contributed by atoms with E-state index in [9.17, 15) is 19.7 Å². The first-order valence-corrected chi connectivity index (χ1v) is 11.4. The minimum Gasteiger partial charge on any atom is -0.356 e. The summed E-state index contributed by atoms with van der Waals surface area (Å²) in [5.41, 5.74) is 3.60. The molecular formula is C25H26N4O4. The zero-order valence-corrected chi connectivity index (χ0v) is 18.5. The summed E-state index contributed by atoms with van der Waals surface area (Å²) in [6.07, 6.45) is 3.40. The molecule has 3 aromatic rings. The zero-order chi connectivity index (χ0) is 23.1. The number of unbranched alkanes of at least 4 members (excludes halogenated alkanes) is 2. The molecular weight excluding hydrogens is 420 g/mol. The second kappa shape index (κ2) is 8.35. The van der Waals surface area contributed by atoms with Crippen molar-refractivity contribution in [1.29, 1.82) is 0 Å². The predicted molar refractivity (Wildman–Crippen MR) is 124 cm³/mol. The van der Waals surface area contributed by atoms with Crippen molar-refractivity contribution < 1.29 is 14.5 Å². The third-order valence-corrected chi connectivity index (χ3v) is 6.79. The van der Waals surface area contributed by atoms with E-state index in [1.54, 1.807) is 21.9 Å². The highest BCUT2D eigenvalue weighted by Gasteiger charge is 2.48. The van der Waals surface area contributed by atoms with Crippen molar-refractivity contribution in [3.63, 3.8) is 0 Å². The van der Waals surface area contributed by atoms with Crippen LogP contribution in [0.1, 0.15) is 49.0 Å². The summed E-state index contributed by atoms with van der Waals surface area (Å²) in [7, 11) is 0. The second-order valence-corrected chi connectivity index (χ2v) is 8.80. The van der Waals surface area contributed by atoms with Crippen LogP contribution in [-0.2, 0) is 16.0 Å². The van der Waals surface area contributed by atoms with E-state index in [-0.39, 0.29) is 24.0 Å². The summed E-state index contributed by atoms with van der Waals surface area (Å²) in [5.74, 6) is -0.114. The highest BCUT2D eigenvalue weighted by atomic mass is 16.6. The van der Waals surface area contributed by atoms with Crippen molar-refractivity contribution in [3.05, 3.63) is 75.5 Å². The maximum atomic E-state index is 13.5. The number of aromatic nitrogens is 1. The monoisotopic (exact) mass is 446 g/mol. The SMILES string of the molecule is CCCCCN1CC(=O)N2[C@H](c3ccc([N+](=O)[O-])cc3)c3[nH]c4ccccc4c3C[C@H]2C1=O. The average molecular weight is 447 g/mol. The number of aromatic amines is 1. The van der Waals surface area contributed by atoms with Gasteiger partial charge in [-0.3, -0.25) is 19.7 Å². The lowest BCUT2D eigenvalue weighted by molar-refractivity contribution is -0.384. The van der Waals surface area contributed by atoms with Crippen LogP contribution in [0.3, 0.4) is 0 Å². The van der Waals surface area contributed by atoms with Gasteiger partial charge in [-0.2, -0.15) is 0 Å². The van der Waals surface area contributed by atoms with Gasteiger partial charge in [0.25, 0.3) is 5.69 Å². The first-order chi connectivity index (χ1) is 16.0. The fourth-order valence-corrected chi connectivity index (χ4v) is 5.19. The fourth-order valence-electron chi connectivity index (χ4n) is 5.19. The number of hydrogen-bond acceptors (Lipinski definition) is 4. The average Bonchev–Trinajstić information content (AvgIpc) is 3.19. The molecule has 1 fully saturated rings. The second-order valence-electron chi connectivity index (χ2n) is 8.80. The van der Waals surface area contributed by atoms with Crippen LogP contribution in [0.2, 0.25) is 0 Å². The van der Waals surface area contributed by atoms with Gasteiger partial charge >= 0.3 is 0 Å². The highest BCUT2D eigenvalue weighted by Crippen LogP contribution is 2.42. The number of amides is 2. The molecule has 5 rings (SSSR count). The van der Waals surface area contributed by atoms with E-state index in [1.165, 1.54) is 12.1 Å². The van der Waals surface area contributed by atoms with Gasteiger partial charge in [-0.15, -0.1) is 0 Å². The Morgan fingerprint density at radius 1 is 1.09 bits per heavy atom. The first kappa shape index (κ1) is 21.2. The molecule has 0 bridgehead atoms. The van der Waals surface area contributed by atoms with E-state index in [2.05, 4.69) is 11.9 Å². The molecule has 1 N–H and O–H groups in total. The van der Waals surface area contributed by atoms with Crippen LogP contribution in [0.15, 0.2) is 48.5 Å². The van der Waals surface area contributed by atoms with E-state index in [0.29, 0.717) is 13.0 Å². The standard InChI is InChI=1S/C25H26N4O4/c1-2-3-6-13-27-15-22(30)28-21(25(27)31)14-19-18-7-4-5-8-20(18)26-23(19)24(28)16-9-11-17(12-10-16)29(32)33/h4-5,7-12,21,24,26H,2-3,6,13-15H2,1H3/t21-,24+/m0/s1. The third-order valence-electron chi connectivity index (χ3n) is 6.79. The van der Waals surface area contributed by atoms with Gasteiger partial charge in [0.05, 0.1) is 17.5 Å². The maximum absolute atomic E-state index is 13.5. The summed E-state index contributed by atoms with van der Waals surface area (Å²) in [6, 6.07) is 13.1. The number of carbonyl (C=O) groups is 2. The quantitative estimate of drug-likeness (QED) is 0.352. The lowest BCUT2D eigenvalue weighted by Gasteiger charge is -2.47. The number of nitro groups is 1. The Labute approximate surface area is 191 Å². The molecule has 0 unspecified atom stereocenters. The summed E-state index contributed by atoms with van der Waals surface area (Å²) in [5, 5.41) is 12.2. The minimum atomic E-state index is -0.584. The molecule has 8 nitrogen and oxygen atoms in total. The Hall–Kier alpha value is -3.68. The van der Waals surface area contributed by atoms with Gasteiger partial charge < -0.3 is 14.8 Å². The van der Waals surface area contributed by atoms with Gasteiger partial charge in [-0.25, -0.2) is 0 Å². The lowest BCUT2D eigenvalue weighted by atomic mass is 9.86. The molecule has 1 aromatic heterocycles. The molecule has 2 aliphatic heterocycles. The van der Waals surface area contributed by atoms with Crippen molar-refractivity contribution >= 4 is 28.4 Å². The topological polar surface area (TPSA) is 99.5 Å². The molecule has 8 heteroatoms. The van der Waals surface area contributed by atoms with Gasteiger partial charge in [-0.1, -0.05) is 38.0 Å². The van der Waals surface area contributed by atoms with Gasteiger partial charge in [-0.05, 0) is 35.7 Å². The molecule has 2 aliphatic rings. The van der Waals surface area contributed by atoms with Crippen LogP contribution in [0, 0.1) is 10.1 Å². The summed E-state index contributed by atoms with van der Waals surface area (Å²) >= 11 is 0. The molecule has 0 aliphatic carbocycles. The summed E-state index contributed by atoms with van der Waals surface area (Å²) in [6.45, 7) is 2.77. The largest absolute Gasteiger partial charge is 0.356 e. The van der Waals surface area contributed by atoms with Gasteiger partial charge in [0.15, 0.2) is 0 Å². The number of para-hydroxylation sites is 1. The summed E-state index contributed by atoms with van der Waals surface area (Å²) < 4.78 is 0. The van der Waals surface area contributed by atoms with Crippen LogP contribution in [0.25, 0.3) is 10.9 Å². The van der Waals surface area contributed by atoms with E-state index in [0.717, 1.165) is 47.0 Å². The Morgan fingerprint density at radius 2 is 1.85 bits per heavy atom. The molecule has 33 heavy (non-hydrogen) atoms. The number of hydrogen-bond donors (Lipinski definition) is 1. The molecule has 0 saturated carbocycles. The van der Waals surface area contributed by atoms with Gasteiger partial charge in [0, 0.05) is 41.7 Å². The van der Waals surface area contributed by atoms with E-state index >= 15 is 0 Å². The molecule has 170 valence electrons. The smallest absolute Gasteiger partial charge is 0.269 e. The Kier molecular flexibility index (Phi) is 5.36. The normalized spacial score (nSPS) is 20.2. The fraction of sp³-hybridized carbons (Fsp3) is 0.360. The number of nitrogens with one attached hydrogen (secondary N) is 1. The van der Waals surface area contributed by atoms with E-state index < -0.39 is 17.0 Å². The molecule has 1 saturated heterocycles. The predicted octanol–water partition coefficient (Wildman–Crippen LogP) is 3.95. The van der Waals surface area contributed by atoms with E-state index in [1.807, 2.05) is 24.3 Å². The van der Waals surface area contributed by atoms with Gasteiger partial charge in [0.2, 0.25) is 11.8 Å².